The highest BCUT2D eigenvalue weighted by atomic mass is 16.5. The number of rotatable bonds is 2. The van der Waals surface area contributed by atoms with E-state index in [2.05, 4.69) is 28.7 Å². The molecule has 16 heavy (non-hydrogen) atoms. The lowest BCUT2D eigenvalue weighted by molar-refractivity contribution is -0.0177. The molecule has 1 aliphatic rings. The van der Waals surface area contributed by atoms with Gasteiger partial charge in [0.15, 0.2) is 0 Å². The van der Waals surface area contributed by atoms with Gasteiger partial charge in [0.25, 0.3) is 0 Å². The van der Waals surface area contributed by atoms with Crippen LogP contribution in [0.25, 0.3) is 0 Å². The molecule has 4 nitrogen and oxygen atoms in total. The monoisotopic (exact) mass is 221 g/mol. The quantitative estimate of drug-likeness (QED) is 0.763. The highest BCUT2D eigenvalue weighted by molar-refractivity contribution is 5.31. The van der Waals surface area contributed by atoms with Crippen molar-refractivity contribution in [2.45, 2.75) is 39.4 Å². The van der Waals surface area contributed by atoms with Crippen molar-refractivity contribution in [3.8, 4) is 0 Å². The Morgan fingerprint density at radius 1 is 1.50 bits per heavy atom. The SMILES string of the molecule is CCC1CN(c2nccc(C)n2)CC(C)O1. The molecule has 2 unspecified atom stereocenters. The lowest BCUT2D eigenvalue weighted by Crippen LogP contribution is -2.47. The van der Waals surface area contributed by atoms with E-state index in [1.807, 2.05) is 19.2 Å². The second-order valence-electron chi connectivity index (χ2n) is 4.38. The molecule has 88 valence electrons. The molecule has 1 aromatic heterocycles. The first-order chi connectivity index (χ1) is 7.69. The fourth-order valence-corrected chi connectivity index (χ4v) is 2.02. The van der Waals surface area contributed by atoms with Crippen molar-refractivity contribution in [3.05, 3.63) is 18.0 Å². The van der Waals surface area contributed by atoms with Gasteiger partial charge in [-0.25, -0.2) is 9.97 Å². The van der Waals surface area contributed by atoms with Crippen molar-refractivity contribution >= 4 is 5.95 Å². The first-order valence-corrected chi connectivity index (χ1v) is 5.89. The Morgan fingerprint density at radius 2 is 2.31 bits per heavy atom. The third kappa shape index (κ3) is 2.50. The van der Waals surface area contributed by atoms with Crippen molar-refractivity contribution in [1.82, 2.24) is 9.97 Å². The van der Waals surface area contributed by atoms with Crippen molar-refractivity contribution in [1.29, 1.82) is 0 Å². The average Bonchev–Trinajstić information content (AvgIpc) is 2.28. The molecule has 0 aliphatic carbocycles. The van der Waals surface area contributed by atoms with Gasteiger partial charge in [0.05, 0.1) is 12.2 Å². The van der Waals surface area contributed by atoms with Gasteiger partial charge in [0.1, 0.15) is 0 Å². The van der Waals surface area contributed by atoms with Crippen LogP contribution >= 0.6 is 0 Å². The summed E-state index contributed by atoms with van der Waals surface area (Å²) in [5.74, 6) is 0.827. The maximum Gasteiger partial charge on any atom is 0.225 e. The number of hydrogen-bond donors (Lipinski definition) is 0. The summed E-state index contributed by atoms with van der Waals surface area (Å²) in [6.45, 7) is 8.01. The van der Waals surface area contributed by atoms with Crippen LogP contribution in [0.5, 0.6) is 0 Å². The number of ether oxygens (including phenoxy) is 1. The van der Waals surface area contributed by atoms with Crippen molar-refractivity contribution < 1.29 is 4.74 Å². The molecule has 0 saturated carbocycles. The lowest BCUT2D eigenvalue weighted by atomic mass is 10.2. The Kier molecular flexibility index (Phi) is 3.39. The third-order valence-corrected chi connectivity index (χ3v) is 2.85. The second kappa shape index (κ2) is 4.78. The molecule has 2 heterocycles. The van der Waals surface area contributed by atoms with Gasteiger partial charge in [-0.3, -0.25) is 0 Å². The molecule has 1 aliphatic heterocycles. The van der Waals surface area contributed by atoms with Crippen LogP contribution < -0.4 is 4.90 Å². The number of hydrogen-bond acceptors (Lipinski definition) is 4. The molecule has 0 bridgehead atoms. The van der Waals surface area contributed by atoms with Crippen molar-refractivity contribution in [2.24, 2.45) is 0 Å². The molecule has 0 amide bonds. The fraction of sp³-hybridized carbons (Fsp3) is 0.667. The van der Waals surface area contributed by atoms with Crippen LogP contribution in [0.15, 0.2) is 12.3 Å². The smallest absolute Gasteiger partial charge is 0.225 e. The summed E-state index contributed by atoms with van der Waals surface area (Å²) < 4.78 is 5.82. The molecule has 1 aromatic rings. The molecule has 1 saturated heterocycles. The molecule has 0 N–H and O–H groups in total. The predicted molar refractivity (Wildman–Crippen MR) is 63.6 cm³/mol. The predicted octanol–water partition coefficient (Wildman–Crippen LogP) is 1.79. The Labute approximate surface area is 96.7 Å². The van der Waals surface area contributed by atoms with E-state index in [-0.39, 0.29) is 6.10 Å². The van der Waals surface area contributed by atoms with Crippen LogP contribution in [0.1, 0.15) is 26.0 Å². The van der Waals surface area contributed by atoms with Crippen LogP contribution in [-0.4, -0.2) is 35.3 Å². The minimum atomic E-state index is 0.253. The van der Waals surface area contributed by atoms with Crippen LogP contribution in [0, 0.1) is 6.92 Å². The topological polar surface area (TPSA) is 38.2 Å². The minimum Gasteiger partial charge on any atom is -0.372 e. The number of morpholine rings is 1. The molecular weight excluding hydrogens is 202 g/mol. The average molecular weight is 221 g/mol. The van der Waals surface area contributed by atoms with Crippen LogP contribution in [0.3, 0.4) is 0 Å². The summed E-state index contributed by atoms with van der Waals surface area (Å²) >= 11 is 0. The Morgan fingerprint density at radius 3 is 3.00 bits per heavy atom. The van der Waals surface area contributed by atoms with E-state index in [1.165, 1.54) is 0 Å². The van der Waals surface area contributed by atoms with Gasteiger partial charge in [0.2, 0.25) is 5.95 Å². The first kappa shape index (κ1) is 11.3. The zero-order valence-electron chi connectivity index (χ0n) is 10.2. The van der Waals surface area contributed by atoms with Gasteiger partial charge in [-0.05, 0) is 26.3 Å². The van der Waals surface area contributed by atoms with Crippen LogP contribution in [0.4, 0.5) is 5.95 Å². The standard InChI is InChI=1S/C12H19N3O/c1-4-11-8-15(7-10(3)16-11)12-13-6-5-9(2)14-12/h5-6,10-11H,4,7-8H2,1-3H3. The van der Waals surface area contributed by atoms with Gasteiger partial charge in [0, 0.05) is 25.0 Å². The number of nitrogens with zero attached hydrogens (tertiary/aromatic N) is 3. The molecular formula is C12H19N3O. The molecule has 0 spiro atoms. The zero-order chi connectivity index (χ0) is 11.5. The van der Waals surface area contributed by atoms with E-state index in [4.69, 9.17) is 4.74 Å². The van der Waals surface area contributed by atoms with E-state index < -0.39 is 0 Å². The summed E-state index contributed by atoms with van der Waals surface area (Å²) in [4.78, 5) is 11.0. The molecule has 0 radical (unpaired) electrons. The second-order valence-corrected chi connectivity index (χ2v) is 4.38. The lowest BCUT2D eigenvalue weighted by Gasteiger charge is -2.36. The zero-order valence-corrected chi connectivity index (χ0v) is 10.2. The first-order valence-electron chi connectivity index (χ1n) is 5.89. The van der Waals surface area contributed by atoms with Gasteiger partial charge in [-0.1, -0.05) is 6.92 Å². The number of anilines is 1. The van der Waals surface area contributed by atoms with E-state index in [0.717, 1.165) is 31.2 Å². The molecule has 0 aromatic carbocycles. The van der Waals surface area contributed by atoms with E-state index in [9.17, 15) is 0 Å². The van der Waals surface area contributed by atoms with Gasteiger partial charge in [-0.15, -0.1) is 0 Å². The van der Waals surface area contributed by atoms with E-state index in [1.54, 1.807) is 0 Å². The van der Waals surface area contributed by atoms with Crippen LogP contribution in [-0.2, 0) is 4.74 Å². The normalized spacial score (nSPS) is 25.8. The fourth-order valence-electron chi connectivity index (χ4n) is 2.02. The largest absolute Gasteiger partial charge is 0.372 e. The van der Waals surface area contributed by atoms with Crippen molar-refractivity contribution in [3.63, 3.8) is 0 Å². The van der Waals surface area contributed by atoms with E-state index in [0.29, 0.717) is 6.10 Å². The number of aryl methyl sites for hydroxylation is 1. The van der Waals surface area contributed by atoms with E-state index >= 15 is 0 Å². The summed E-state index contributed by atoms with van der Waals surface area (Å²) in [6, 6.07) is 1.92. The van der Waals surface area contributed by atoms with Gasteiger partial charge >= 0.3 is 0 Å². The maximum absolute atomic E-state index is 5.82. The molecule has 4 heteroatoms. The minimum absolute atomic E-state index is 0.253. The molecule has 2 rings (SSSR count). The highest BCUT2D eigenvalue weighted by Crippen LogP contribution is 2.17. The highest BCUT2D eigenvalue weighted by Gasteiger charge is 2.25. The summed E-state index contributed by atoms with van der Waals surface area (Å²) in [5.41, 5.74) is 1.01. The van der Waals surface area contributed by atoms with Gasteiger partial charge < -0.3 is 9.64 Å². The molecule has 2 atom stereocenters. The maximum atomic E-state index is 5.82. The summed E-state index contributed by atoms with van der Waals surface area (Å²) in [5, 5.41) is 0. The Bertz CT molecular complexity index is 356. The number of aromatic nitrogens is 2. The third-order valence-electron chi connectivity index (χ3n) is 2.85. The Hall–Kier alpha value is -1.16. The Balaban J connectivity index is 2.14. The van der Waals surface area contributed by atoms with Gasteiger partial charge in [-0.2, -0.15) is 0 Å². The van der Waals surface area contributed by atoms with Crippen molar-refractivity contribution in [2.75, 3.05) is 18.0 Å². The summed E-state index contributed by atoms with van der Waals surface area (Å²) in [7, 11) is 0. The molecule has 1 fully saturated rings. The van der Waals surface area contributed by atoms with Crippen LogP contribution in [0.2, 0.25) is 0 Å². The summed E-state index contributed by atoms with van der Waals surface area (Å²) in [6.07, 6.45) is 3.40.